The van der Waals surface area contributed by atoms with E-state index in [1.807, 2.05) is 37.3 Å². The van der Waals surface area contributed by atoms with Crippen molar-refractivity contribution in [2.45, 2.75) is 50.7 Å². The van der Waals surface area contributed by atoms with Crippen LogP contribution in [0.2, 0.25) is 0 Å². The van der Waals surface area contributed by atoms with Crippen LogP contribution in [0.25, 0.3) is 0 Å². The predicted octanol–water partition coefficient (Wildman–Crippen LogP) is 3.90. The lowest BCUT2D eigenvalue weighted by atomic mass is 9.99. The highest BCUT2D eigenvalue weighted by molar-refractivity contribution is 5.90. The van der Waals surface area contributed by atoms with Crippen LogP contribution < -0.4 is 10.6 Å². The van der Waals surface area contributed by atoms with E-state index in [2.05, 4.69) is 15.8 Å². The molecular formula is C19H23N3O3. The first-order valence-electron chi connectivity index (χ1n) is 8.92. The van der Waals surface area contributed by atoms with Gasteiger partial charge in [-0.15, -0.1) is 0 Å². The van der Waals surface area contributed by atoms with Crippen LogP contribution in [0, 0.1) is 6.92 Å². The summed E-state index contributed by atoms with van der Waals surface area (Å²) in [6, 6.07) is 9.54. The second-order valence-corrected chi connectivity index (χ2v) is 6.82. The summed E-state index contributed by atoms with van der Waals surface area (Å²) in [6.45, 7) is 2.59. The molecule has 0 bridgehead atoms. The van der Waals surface area contributed by atoms with Gasteiger partial charge in [-0.2, -0.15) is 0 Å². The van der Waals surface area contributed by atoms with E-state index in [4.69, 9.17) is 9.26 Å². The second-order valence-electron chi connectivity index (χ2n) is 6.82. The Hall–Kier alpha value is -2.34. The van der Waals surface area contributed by atoms with Crippen molar-refractivity contribution in [1.82, 2.24) is 10.5 Å². The molecule has 2 aromatic rings. The molecule has 6 heteroatoms. The molecule has 1 aromatic heterocycles. The van der Waals surface area contributed by atoms with Crippen molar-refractivity contribution in [3.05, 3.63) is 47.3 Å². The lowest BCUT2D eigenvalue weighted by molar-refractivity contribution is 0.0815. The lowest BCUT2D eigenvalue weighted by Gasteiger charge is -2.25. The molecule has 0 radical (unpaired) electrons. The van der Waals surface area contributed by atoms with Crippen LogP contribution in [-0.2, 0) is 4.74 Å². The predicted molar refractivity (Wildman–Crippen MR) is 93.5 cm³/mol. The molecule has 2 heterocycles. The fourth-order valence-corrected chi connectivity index (χ4v) is 3.37. The Balaban J connectivity index is 1.50. The highest BCUT2D eigenvalue weighted by Gasteiger charge is 2.33. The number of anilines is 1. The molecule has 2 amide bonds. The number of aromatic nitrogens is 1. The Bertz CT molecular complexity index is 734. The number of aryl methyl sites for hydroxylation is 1. The molecule has 2 fully saturated rings. The van der Waals surface area contributed by atoms with E-state index in [1.54, 1.807) is 0 Å². The van der Waals surface area contributed by atoms with Crippen LogP contribution in [0.1, 0.15) is 54.7 Å². The van der Waals surface area contributed by atoms with Crippen LogP contribution in [0.15, 0.2) is 34.9 Å². The maximum absolute atomic E-state index is 12.7. The average molecular weight is 341 g/mol. The molecule has 0 spiro atoms. The third kappa shape index (κ3) is 3.54. The van der Waals surface area contributed by atoms with Gasteiger partial charge in [-0.25, -0.2) is 4.79 Å². The van der Waals surface area contributed by atoms with Crippen molar-refractivity contribution in [3.8, 4) is 0 Å². The number of benzene rings is 1. The van der Waals surface area contributed by atoms with E-state index in [0.717, 1.165) is 43.6 Å². The maximum atomic E-state index is 12.7. The number of hydrogen-bond acceptors (Lipinski definition) is 4. The lowest BCUT2D eigenvalue weighted by Crippen LogP contribution is -2.38. The number of nitrogens with zero attached hydrogens (tertiary/aromatic N) is 1. The normalized spacial score (nSPS) is 21.1. The van der Waals surface area contributed by atoms with Gasteiger partial charge in [0.15, 0.2) is 5.76 Å². The molecule has 2 atom stereocenters. The quantitative estimate of drug-likeness (QED) is 0.865. The molecule has 25 heavy (non-hydrogen) atoms. The monoisotopic (exact) mass is 341 g/mol. The zero-order chi connectivity index (χ0) is 17.2. The zero-order valence-electron chi connectivity index (χ0n) is 14.3. The SMILES string of the molecule is Cc1noc(C2CC2)c1NC(=O)N[C@H](c1ccccc1)[C@@H]1CCCO1. The second kappa shape index (κ2) is 6.88. The topological polar surface area (TPSA) is 76.4 Å². The number of rotatable bonds is 5. The smallest absolute Gasteiger partial charge is 0.319 e. The summed E-state index contributed by atoms with van der Waals surface area (Å²) in [4.78, 5) is 12.7. The molecule has 0 unspecified atom stereocenters. The van der Waals surface area contributed by atoms with Crippen LogP contribution >= 0.6 is 0 Å². The van der Waals surface area contributed by atoms with E-state index in [1.165, 1.54) is 0 Å². The fraction of sp³-hybridized carbons (Fsp3) is 0.474. The summed E-state index contributed by atoms with van der Waals surface area (Å²) < 4.78 is 11.2. The molecule has 4 rings (SSSR count). The Labute approximate surface area is 146 Å². The van der Waals surface area contributed by atoms with Gasteiger partial charge in [-0.05, 0) is 38.2 Å². The molecule has 1 saturated heterocycles. The molecule has 1 aromatic carbocycles. The van der Waals surface area contributed by atoms with Gasteiger partial charge >= 0.3 is 6.03 Å². The standard InChI is InChI=1S/C19H23N3O3/c1-12-16(18(25-22-12)14-9-10-14)20-19(23)21-17(15-8-5-11-24-15)13-6-3-2-4-7-13/h2-4,6-7,14-15,17H,5,8-11H2,1H3,(H2,20,21,23)/t15-,17+/m0/s1. The molecule has 2 N–H and O–H groups in total. The van der Waals surface area contributed by atoms with Crippen molar-refractivity contribution < 1.29 is 14.1 Å². The fourth-order valence-electron chi connectivity index (χ4n) is 3.37. The summed E-state index contributed by atoms with van der Waals surface area (Å²) in [5.74, 6) is 1.18. The molecule has 1 aliphatic heterocycles. The van der Waals surface area contributed by atoms with Crippen LogP contribution in [0.4, 0.5) is 10.5 Å². The minimum atomic E-state index is -0.252. The summed E-state index contributed by atoms with van der Waals surface area (Å²) in [5.41, 5.74) is 2.47. The number of carbonyl (C=O) groups is 1. The molecule has 1 aliphatic carbocycles. The summed E-state index contributed by atoms with van der Waals surface area (Å²) in [7, 11) is 0. The van der Waals surface area contributed by atoms with E-state index in [-0.39, 0.29) is 18.2 Å². The van der Waals surface area contributed by atoms with Crippen molar-refractivity contribution >= 4 is 11.7 Å². The zero-order valence-corrected chi connectivity index (χ0v) is 14.3. The third-order valence-electron chi connectivity index (χ3n) is 4.86. The van der Waals surface area contributed by atoms with E-state index in [9.17, 15) is 4.79 Å². The van der Waals surface area contributed by atoms with Crippen LogP contribution in [0.3, 0.4) is 0 Å². The summed E-state index contributed by atoms with van der Waals surface area (Å²) >= 11 is 0. The highest BCUT2D eigenvalue weighted by atomic mass is 16.5. The Morgan fingerprint density at radius 3 is 2.72 bits per heavy atom. The first-order chi connectivity index (χ1) is 12.2. The minimum absolute atomic E-state index is 0.000348. The average Bonchev–Trinajstić information content (AvgIpc) is 3.20. The molecule has 2 aliphatic rings. The van der Waals surface area contributed by atoms with Gasteiger partial charge in [-0.3, -0.25) is 0 Å². The van der Waals surface area contributed by atoms with Crippen molar-refractivity contribution in [2.24, 2.45) is 0 Å². The van der Waals surface area contributed by atoms with Crippen molar-refractivity contribution in [2.75, 3.05) is 11.9 Å². The van der Waals surface area contributed by atoms with Crippen molar-refractivity contribution in [3.63, 3.8) is 0 Å². The minimum Gasteiger partial charge on any atom is -0.376 e. The largest absolute Gasteiger partial charge is 0.376 e. The van der Waals surface area contributed by atoms with E-state index < -0.39 is 0 Å². The number of ether oxygens (including phenoxy) is 1. The molecular weight excluding hydrogens is 318 g/mol. The third-order valence-corrected chi connectivity index (χ3v) is 4.86. The number of hydrogen-bond donors (Lipinski definition) is 2. The number of carbonyl (C=O) groups excluding carboxylic acids is 1. The van der Waals surface area contributed by atoms with Crippen LogP contribution in [0.5, 0.6) is 0 Å². The van der Waals surface area contributed by atoms with Gasteiger partial charge < -0.3 is 19.9 Å². The molecule has 1 saturated carbocycles. The van der Waals surface area contributed by atoms with E-state index in [0.29, 0.717) is 17.3 Å². The summed E-state index contributed by atoms with van der Waals surface area (Å²) in [5, 5.41) is 10.0. The number of amides is 2. The highest BCUT2D eigenvalue weighted by Crippen LogP contribution is 2.44. The summed E-state index contributed by atoms with van der Waals surface area (Å²) in [6.07, 6.45) is 4.15. The molecule has 132 valence electrons. The van der Waals surface area contributed by atoms with Crippen LogP contribution in [-0.4, -0.2) is 23.9 Å². The number of urea groups is 1. The van der Waals surface area contributed by atoms with Gasteiger partial charge in [0.25, 0.3) is 0 Å². The van der Waals surface area contributed by atoms with Gasteiger partial charge in [0.1, 0.15) is 11.4 Å². The maximum Gasteiger partial charge on any atom is 0.319 e. The molecule has 6 nitrogen and oxygen atoms in total. The Kier molecular flexibility index (Phi) is 4.44. The van der Waals surface area contributed by atoms with Gasteiger partial charge in [-0.1, -0.05) is 35.5 Å². The van der Waals surface area contributed by atoms with Gasteiger partial charge in [0, 0.05) is 12.5 Å². The Morgan fingerprint density at radius 1 is 1.24 bits per heavy atom. The number of nitrogens with one attached hydrogen (secondary N) is 2. The first kappa shape index (κ1) is 16.1. The Morgan fingerprint density at radius 2 is 2.04 bits per heavy atom. The van der Waals surface area contributed by atoms with Gasteiger partial charge in [0.2, 0.25) is 0 Å². The van der Waals surface area contributed by atoms with Crippen molar-refractivity contribution in [1.29, 1.82) is 0 Å². The van der Waals surface area contributed by atoms with E-state index >= 15 is 0 Å². The van der Waals surface area contributed by atoms with Gasteiger partial charge in [0.05, 0.1) is 12.1 Å². The first-order valence-corrected chi connectivity index (χ1v) is 8.92.